The fourth-order valence-electron chi connectivity index (χ4n) is 3.15. The van der Waals surface area contributed by atoms with Gasteiger partial charge in [-0.25, -0.2) is 15.2 Å². The number of fused-ring (bicyclic) bond motifs is 1. The maximum atomic E-state index is 12.6. The molecule has 9 nitrogen and oxygen atoms in total. The lowest BCUT2D eigenvalue weighted by Crippen LogP contribution is -2.19. The van der Waals surface area contributed by atoms with Crippen LogP contribution in [0.4, 0.5) is 0 Å². The first kappa shape index (κ1) is 26.1. The van der Waals surface area contributed by atoms with Crippen molar-refractivity contribution in [2.24, 2.45) is 5.10 Å². The number of methoxy groups -OCH3 is 1. The second-order valence-electron chi connectivity index (χ2n) is 7.41. The molecule has 1 amide bonds. The average Bonchev–Trinajstić information content (AvgIpc) is 3.33. The average molecular weight is 540 g/mol. The number of nitrogens with zero attached hydrogens (tertiary/aromatic N) is 2. The number of halogens is 1. The standard InChI is InChI=1S/C26H22ClN3O6S/c1-3-34-22-13-16(12-19(27)24(22)36-25(32)17-8-10-18(33-2)11-9-17)14-28-30-23(31)15-37-26-29-20-6-4-5-7-21(20)35-26/h4-14H,3,15H2,1-2H3,(H,30,31)/b28-14-. The molecule has 0 unspecified atom stereocenters. The van der Waals surface area contributed by atoms with Crippen molar-refractivity contribution in [1.29, 1.82) is 0 Å². The largest absolute Gasteiger partial charge is 0.497 e. The Morgan fingerprint density at radius 3 is 2.68 bits per heavy atom. The molecule has 0 aliphatic heterocycles. The lowest BCUT2D eigenvalue weighted by atomic mass is 10.2. The van der Waals surface area contributed by atoms with Crippen molar-refractivity contribution >= 4 is 52.6 Å². The van der Waals surface area contributed by atoms with E-state index < -0.39 is 5.97 Å². The van der Waals surface area contributed by atoms with Crippen LogP contribution in [0.15, 0.2) is 75.4 Å². The van der Waals surface area contributed by atoms with E-state index in [-0.39, 0.29) is 28.2 Å². The summed E-state index contributed by atoms with van der Waals surface area (Å²) in [5.74, 6) is 0.0804. The van der Waals surface area contributed by atoms with E-state index in [0.717, 1.165) is 17.3 Å². The number of ether oxygens (including phenoxy) is 3. The molecular weight excluding hydrogens is 518 g/mol. The van der Waals surface area contributed by atoms with Gasteiger partial charge in [0.25, 0.3) is 11.1 Å². The number of benzene rings is 3. The fourth-order valence-corrected chi connectivity index (χ4v) is 4.04. The number of nitrogens with one attached hydrogen (secondary N) is 1. The highest BCUT2D eigenvalue weighted by Gasteiger charge is 2.18. The highest BCUT2D eigenvalue weighted by Crippen LogP contribution is 2.37. The molecule has 0 saturated heterocycles. The minimum absolute atomic E-state index is 0.0648. The fraction of sp³-hybridized carbons (Fsp3) is 0.154. The third kappa shape index (κ3) is 6.81. The third-order valence-electron chi connectivity index (χ3n) is 4.86. The van der Waals surface area contributed by atoms with Gasteiger partial charge in [0, 0.05) is 0 Å². The van der Waals surface area contributed by atoms with E-state index in [0.29, 0.717) is 34.3 Å². The van der Waals surface area contributed by atoms with Gasteiger partial charge >= 0.3 is 5.97 Å². The van der Waals surface area contributed by atoms with Crippen molar-refractivity contribution in [1.82, 2.24) is 10.4 Å². The van der Waals surface area contributed by atoms with Gasteiger partial charge < -0.3 is 18.6 Å². The van der Waals surface area contributed by atoms with Crippen LogP contribution < -0.4 is 19.6 Å². The number of hydrogen-bond donors (Lipinski definition) is 1. The summed E-state index contributed by atoms with van der Waals surface area (Å²) in [4.78, 5) is 29.1. The van der Waals surface area contributed by atoms with Crippen LogP contribution in [0.25, 0.3) is 11.1 Å². The van der Waals surface area contributed by atoms with Crippen molar-refractivity contribution in [3.05, 3.63) is 76.8 Å². The Hall–Kier alpha value is -4.02. The molecule has 0 bridgehead atoms. The van der Waals surface area contributed by atoms with Crippen LogP contribution in [0, 0.1) is 0 Å². The molecule has 1 aromatic heterocycles. The molecule has 3 aromatic carbocycles. The van der Waals surface area contributed by atoms with Gasteiger partial charge in [-0.2, -0.15) is 5.10 Å². The number of esters is 1. The second kappa shape index (κ2) is 12.3. The van der Waals surface area contributed by atoms with Crippen LogP contribution in [-0.4, -0.2) is 42.5 Å². The molecule has 0 spiro atoms. The Kier molecular flexibility index (Phi) is 8.65. The second-order valence-corrected chi connectivity index (χ2v) is 8.74. The molecule has 37 heavy (non-hydrogen) atoms. The van der Waals surface area contributed by atoms with Crippen molar-refractivity contribution < 1.29 is 28.2 Å². The zero-order valence-corrected chi connectivity index (χ0v) is 21.5. The number of aromatic nitrogens is 1. The number of hydrazone groups is 1. The van der Waals surface area contributed by atoms with Crippen molar-refractivity contribution in [2.75, 3.05) is 19.5 Å². The number of oxazole rings is 1. The number of carbonyl (C=O) groups is 2. The lowest BCUT2D eigenvalue weighted by Gasteiger charge is -2.13. The maximum absolute atomic E-state index is 12.6. The maximum Gasteiger partial charge on any atom is 0.343 e. The van der Waals surface area contributed by atoms with Gasteiger partial charge in [0.1, 0.15) is 11.3 Å². The molecule has 11 heteroatoms. The highest BCUT2D eigenvalue weighted by molar-refractivity contribution is 7.99. The number of hydrogen-bond acceptors (Lipinski definition) is 9. The first-order valence-electron chi connectivity index (χ1n) is 11.1. The number of para-hydroxylation sites is 2. The van der Waals surface area contributed by atoms with Crippen LogP contribution >= 0.6 is 23.4 Å². The predicted molar refractivity (Wildman–Crippen MR) is 141 cm³/mol. The molecular formula is C26H22ClN3O6S. The van der Waals surface area contributed by atoms with Crippen molar-refractivity contribution in [3.63, 3.8) is 0 Å². The molecule has 0 saturated carbocycles. The van der Waals surface area contributed by atoms with Gasteiger partial charge in [-0.3, -0.25) is 4.79 Å². The summed E-state index contributed by atoms with van der Waals surface area (Å²) in [5.41, 5.74) is 4.68. The van der Waals surface area contributed by atoms with E-state index in [1.54, 1.807) is 43.3 Å². The molecule has 0 aliphatic rings. The molecule has 4 rings (SSSR count). The summed E-state index contributed by atoms with van der Waals surface area (Å²) in [7, 11) is 1.54. The summed E-state index contributed by atoms with van der Waals surface area (Å²) >= 11 is 7.55. The smallest absolute Gasteiger partial charge is 0.343 e. The van der Waals surface area contributed by atoms with Gasteiger partial charge in [-0.05, 0) is 61.0 Å². The minimum Gasteiger partial charge on any atom is -0.497 e. The minimum atomic E-state index is -0.601. The van der Waals surface area contributed by atoms with Crippen LogP contribution in [0.3, 0.4) is 0 Å². The zero-order valence-electron chi connectivity index (χ0n) is 19.9. The number of carbonyl (C=O) groups excluding carboxylic acids is 2. The van der Waals surface area contributed by atoms with E-state index in [9.17, 15) is 9.59 Å². The molecule has 0 aliphatic carbocycles. The van der Waals surface area contributed by atoms with E-state index in [4.69, 9.17) is 30.2 Å². The first-order chi connectivity index (χ1) is 18.0. The van der Waals surface area contributed by atoms with Gasteiger partial charge in [0.05, 0.1) is 36.3 Å². The molecule has 0 fully saturated rings. The Morgan fingerprint density at radius 2 is 1.95 bits per heavy atom. The summed E-state index contributed by atoms with van der Waals surface area (Å²) in [6.45, 7) is 2.10. The molecule has 4 aromatic rings. The monoisotopic (exact) mass is 539 g/mol. The normalized spacial score (nSPS) is 11.0. The number of amides is 1. The SMILES string of the molecule is CCOc1cc(/C=N\NC(=O)CSc2nc3ccccc3o2)cc(Cl)c1OC(=O)c1ccc(OC)cc1. The Balaban J connectivity index is 1.38. The van der Waals surface area contributed by atoms with E-state index >= 15 is 0 Å². The molecule has 190 valence electrons. The van der Waals surface area contributed by atoms with Gasteiger partial charge in [0.2, 0.25) is 0 Å². The Labute approximate surface area is 221 Å². The van der Waals surface area contributed by atoms with E-state index in [2.05, 4.69) is 15.5 Å². The molecule has 0 atom stereocenters. The third-order valence-corrected chi connectivity index (χ3v) is 5.96. The first-order valence-corrected chi connectivity index (χ1v) is 12.5. The lowest BCUT2D eigenvalue weighted by molar-refractivity contribution is -0.118. The van der Waals surface area contributed by atoms with Crippen LogP contribution in [-0.2, 0) is 4.79 Å². The van der Waals surface area contributed by atoms with Gasteiger partial charge in [-0.1, -0.05) is 35.5 Å². The van der Waals surface area contributed by atoms with Crippen molar-refractivity contribution in [3.8, 4) is 17.2 Å². The molecule has 0 radical (unpaired) electrons. The number of thioether (sulfide) groups is 1. The summed E-state index contributed by atoms with van der Waals surface area (Å²) in [6.07, 6.45) is 1.41. The Morgan fingerprint density at radius 1 is 1.16 bits per heavy atom. The summed E-state index contributed by atoms with van der Waals surface area (Å²) in [6, 6.07) is 17.0. The topological polar surface area (TPSA) is 112 Å². The summed E-state index contributed by atoms with van der Waals surface area (Å²) in [5, 5.41) is 4.51. The molecule has 1 heterocycles. The predicted octanol–water partition coefficient (Wildman–Crippen LogP) is 5.35. The highest BCUT2D eigenvalue weighted by atomic mass is 35.5. The molecule has 1 N–H and O–H groups in total. The summed E-state index contributed by atoms with van der Waals surface area (Å²) < 4.78 is 21.8. The van der Waals surface area contributed by atoms with Crippen LogP contribution in [0.1, 0.15) is 22.8 Å². The number of rotatable bonds is 10. The van der Waals surface area contributed by atoms with Crippen LogP contribution in [0.2, 0.25) is 5.02 Å². The Bertz CT molecular complexity index is 1410. The van der Waals surface area contributed by atoms with Crippen LogP contribution in [0.5, 0.6) is 17.2 Å². The van der Waals surface area contributed by atoms with Crippen molar-refractivity contribution in [2.45, 2.75) is 12.1 Å². The van der Waals surface area contributed by atoms with Gasteiger partial charge in [0.15, 0.2) is 17.1 Å². The van der Waals surface area contributed by atoms with Gasteiger partial charge in [-0.15, -0.1) is 0 Å². The quantitative estimate of drug-likeness (QED) is 0.0943. The van der Waals surface area contributed by atoms with E-state index in [1.165, 1.54) is 13.3 Å². The van der Waals surface area contributed by atoms with E-state index in [1.807, 2.05) is 24.3 Å². The zero-order chi connectivity index (χ0) is 26.2.